The number of hydrogen-bond donors (Lipinski definition) is 2. The van der Waals surface area contributed by atoms with Gasteiger partial charge in [-0.15, -0.1) is 0 Å². The van der Waals surface area contributed by atoms with E-state index in [-0.39, 0.29) is 47.9 Å². The number of imidazole rings is 1. The Morgan fingerprint density at radius 1 is 1.26 bits per heavy atom. The van der Waals surface area contributed by atoms with Crippen LogP contribution in [0.15, 0.2) is 37.1 Å². The Hall–Kier alpha value is -4.26. The minimum Gasteiger partial charge on any atom is -0.492 e. The molecule has 2 aromatic heterocycles. The first-order chi connectivity index (χ1) is 19.0. The molecule has 204 valence electrons. The van der Waals surface area contributed by atoms with Gasteiger partial charge in [0.25, 0.3) is 11.8 Å². The van der Waals surface area contributed by atoms with Gasteiger partial charge in [-0.2, -0.15) is 0 Å². The summed E-state index contributed by atoms with van der Waals surface area (Å²) in [4.78, 5) is 37.8. The van der Waals surface area contributed by atoms with Gasteiger partial charge in [-0.25, -0.2) is 24.1 Å². The third-order valence-electron chi connectivity index (χ3n) is 6.99. The van der Waals surface area contributed by atoms with E-state index in [0.29, 0.717) is 44.8 Å². The Kier molecular flexibility index (Phi) is 6.97. The van der Waals surface area contributed by atoms with E-state index in [4.69, 9.17) is 14.2 Å². The van der Waals surface area contributed by atoms with Gasteiger partial charge in [-0.1, -0.05) is 0 Å². The number of anilines is 2. The van der Waals surface area contributed by atoms with Crippen LogP contribution in [0.5, 0.6) is 11.6 Å². The number of cyclic esters (lactones) is 1. The fourth-order valence-electron chi connectivity index (χ4n) is 5.08. The van der Waals surface area contributed by atoms with Crippen LogP contribution in [0.1, 0.15) is 17.5 Å². The topological polar surface area (TPSA) is 133 Å². The summed E-state index contributed by atoms with van der Waals surface area (Å²) in [7, 11) is 0. The van der Waals surface area contributed by atoms with Gasteiger partial charge in [0.05, 0.1) is 25.6 Å². The summed E-state index contributed by atoms with van der Waals surface area (Å²) in [5, 5.41) is 6.01. The van der Waals surface area contributed by atoms with Crippen LogP contribution in [-0.2, 0) is 28.9 Å². The number of aromatic nitrogens is 4. The summed E-state index contributed by atoms with van der Waals surface area (Å²) in [6.45, 7) is 2.66. The van der Waals surface area contributed by atoms with E-state index >= 15 is 0 Å². The van der Waals surface area contributed by atoms with Gasteiger partial charge < -0.3 is 29.4 Å². The predicted molar refractivity (Wildman–Crippen MR) is 136 cm³/mol. The maximum absolute atomic E-state index is 14.7. The zero-order valence-corrected chi connectivity index (χ0v) is 21.1. The molecule has 1 fully saturated rings. The number of benzene rings is 1. The number of carbonyl (C=O) groups is 2. The van der Waals surface area contributed by atoms with Crippen molar-refractivity contribution in [3.63, 3.8) is 0 Å². The number of ether oxygens (including phenoxy) is 3. The number of carbonyl (C=O) groups excluding carboxylic acids is 2. The minimum absolute atomic E-state index is 0.118. The van der Waals surface area contributed by atoms with Gasteiger partial charge in [-0.05, 0) is 55.5 Å². The van der Waals surface area contributed by atoms with Crippen LogP contribution >= 0.6 is 0 Å². The molecule has 3 aromatic rings. The number of nitrogens with one attached hydrogen (secondary N) is 2. The van der Waals surface area contributed by atoms with Crippen molar-refractivity contribution in [1.82, 2.24) is 24.8 Å². The molecule has 13 heteroatoms. The molecule has 39 heavy (non-hydrogen) atoms. The summed E-state index contributed by atoms with van der Waals surface area (Å²) in [5.41, 5.74) is 1.75. The standard InChI is InChI=1S/C26H28FN7O5/c27-21-10-19(37-6-5-33-4-3-29-15-33)9-17-7-16(8-20(17)21)11-28-2-1-18-13-34(26(36)39-18)22-12-30-25-24(31-22)32-23(35)14-38-25/h3-4,9-10,12,15-16,18,28H,1-2,5-8,11,13-14H2,(H,31,32,35). The van der Waals surface area contributed by atoms with Crippen molar-refractivity contribution in [2.75, 3.05) is 43.1 Å². The number of nitrogens with zero attached hydrogens (tertiary/aromatic N) is 5. The van der Waals surface area contributed by atoms with E-state index in [2.05, 4.69) is 25.6 Å². The summed E-state index contributed by atoms with van der Waals surface area (Å²) < 4.78 is 33.1. The third-order valence-corrected chi connectivity index (χ3v) is 6.99. The second-order valence-electron chi connectivity index (χ2n) is 9.79. The first-order valence-corrected chi connectivity index (χ1v) is 12.9. The molecular formula is C26H28FN7O5. The van der Waals surface area contributed by atoms with Crippen molar-refractivity contribution in [3.8, 4) is 11.6 Å². The molecule has 1 aliphatic carbocycles. The summed E-state index contributed by atoms with van der Waals surface area (Å²) in [5.74, 6) is 0.967. The lowest BCUT2D eigenvalue weighted by atomic mass is 10.1. The van der Waals surface area contributed by atoms with Crippen LogP contribution < -0.4 is 25.0 Å². The van der Waals surface area contributed by atoms with E-state index in [0.717, 1.165) is 24.1 Å². The molecule has 1 aromatic carbocycles. The lowest BCUT2D eigenvalue weighted by Gasteiger charge is -2.18. The fourth-order valence-corrected chi connectivity index (χ4v) is 5.08. The van der Waals surface area contributed by atoms with Crippen LogP contribution in [0, 0.1) is 11.7 Å². The summed E-state index contributed by atoms with van der Waals surface area (Å²) in [6, 6.07) is 3.41. The van der Waals surface area contributed by atoms with E-state index in [1.165, 1.54) is 17.2 Å². The Balaban J connectivity index is 0.948. The van der Waals surface area contributed by atoms with Crippen LogP contribution in [0.4, 0.5) is 20.8 Å². The first kappa shape index (κ1) is 25.0. The maximum atomic E-state index is 14.7. The van der Waals surface area contributed by atoms with Gasteiger partial charge in [0, 0.05) is 18.5 Å². The molecule has 0 bridgehead atoms. The molecular weight excluding hydrogens is 509 g/mol. The molecule has 12 nitrogen and oxygen atoms in total. The average Bonchev–Trinajstić information content (AvgIpc) is 3.67. The number of hydrogen-bond acceptors (Lipinski definition) is 9. The molecule has 0 saturated carbocycles. The van der Waals surface area contributed by atoms with Crippen LogP contribution in [0.3, 0.4) is 0 Å². The Labute approximate surface area is 223 Å². The number of halogens is 1. The zero-order valence-electron chi connectivity index (χ0n) is 21.1. The normalized spacial score (nSPS) is 19.8. The van der Waals surface area contributed by atoms with Crippen molar-refractivity contribution < 1.29 is 28.2 Å². The Bertz CT molecular complexity index is 1370. The number of fused-ring (bicyclic) bond motifs is 2. The van der Waals surface area contributed by atoms with E-state index in [1.807, 2.05) is 16.8 Å². The lowest BCUT2D eigenvalue weighted by Crippen LogP contribution is -2.30. The molecule has 2 atom stereocenters. The molecule has 1 saturated heterocycles. The highest BCUT2D eigenvalue weighted by atomic mass is 19.1. The zero-order chi connectivity index (χ0) is 26.8. The van der Waals surface area contributed by atoms with Gasteiger partial charge in [0.1, 0.15) is 24.3 Å². The van der Waals surface area contributed by atoms with Crippen LogP contribution in [-0.4, -0.2) is 70.5 Å². The second-order valence-corrected chi connectivity index (χ2v) is 9.79. The van der Waals surface area contributed by atoms with Crippen molar-refractivity contribution in [2.45, 2.75) is 31.9 Å². The predicted octanol–water partition coefficient (Wildman–Crippen LogP) is 1.94. The van der Waals surface area contributed by atoms with Crippen molar-refractivity contribution in [3.05, 3.63) is 54.0 Å². The first-order valence-electron chi connectivity index (χ1n) is 12.9. The van der Waals surface area contributed by atoms with Crippen molar-refractivity contribution in [2.24, 2.45) is 5.92 Å². The van der Waals surface area contributed by atoms with Crippen LogP contribution in [0.2, 0.25) is 0 Å². The highest BCUT2D eigenvalue weighted by Gasteiger charge is 2.34. The summed E-state index contributed by atoms with van der Waals surface area (Å²) >= 11 is 0. The Morgan fingerprint density at radius 3 is 3.05 bits per heavy atom. The molecule has 2 N–H and O–H groups in total. The number of rotatable bonds is 10. The van der Waals surface area contributed by atoms with Gasteiger partial charge >= 0.3 is 6.09 Å². The van der Waals surface area contributed by atoms with Crippen LogP contribution in [0.25, 0.3) is 0 Å². The number of amides is 2. The van der Waals surface area contributed by atoms with Crippen molar-refractivity contribution in [1.29, 1.82) is 0 Å². The third kappa shape index (κ3) is 5.62. The Morgan fingerprint density at radius 2 is 2.18 bits per heavy atom. The molecule has 4 heterocycles. The fraction of sp³-hybridized carbons (Fsp3) is 0.423. The average molecular weight is 538 g/mol. The molecule has 2 unspecified atom stereocenters. The van der Waals surface area contributed by atoms with E-state index in [9.17, 15) is 14.0 Å². The summed E-state index contributed by atoms with van der Waals surface area (Å²) in [6.07, 6.45) is 7.96. The van der Waals surface area contributed by atoms with Gasteiger partial charge in [0.15, 0.2) is 18.2 Å². The molecule has 3 aliphatic rings. The monoisotopic (exact) mass is 537 g/mol. The molecule has 0 radical (unpaired) electrons. The lowest BCUT2D eigenvalue weighted by molar-refractivity contribution is -0.118. The van der Waals surface area contributed by atoms with E-state index in [1.54, 1.807) is 12.5 Å². The molecule has 2 amide bonds. The van der Waals surface area contributed by atoms with Crippen molar-refractivity contribution >= 4 is 23.6 Å². The highest BCUT2D eigenvalue weighted by Crippen LogP contribution is 2.32. The van der Waals surface area contributed by atoms with E-state index < -0.39 is 6.09 Å². The molecule has 0 spiro atoms. The largest absolute Gasteiger partial charge is 0.492 e. The molecule has 6 rings (SSSR count). The molecule has 2 aliphatic heterocycles. The highest BCUT2D eigenvalue weighted by molar-refractivity contribution is 5.94. The SMILES string of the molecule is O=C1COc2ncc(N3CC(CCNCC4Cc5cc(OCCn6ccnc6)cc(F)c5C4)OC3=O)nc2N1. The smallest absolute Gasteiger partial charge is 0.415 e. The minimum atomic E-state index is -0.512. The second kappa shape index (κ2) is 10.8. The van der Waals surface area contributed by atoms with Gasteiger partial charge in [0.2, 0.25) is 0 Å². The maximum Gasteiger partial charge on any atom is 0.415 e. The quantitative estimate of drug-likeness (QED) is 0.372. The van der Waals surface area contributed by atoms with Gasteiger partial charge in [-0.3, -0.25) is 9.69 Å².